The number of aryl methyl sites for hydroxylation is 1. The first kappa shape index (κ1) is 13.5. The third kappa shape index (κ3) is 4.41. The number of ether oxygens (including phenoxy) is 1. The fourth-order valence-corrected chi connectivity index (χ4v) is 2.48. The Balaban J connectivity index is 1.70. The summed E-state index contributed by atoms with van der Waals surface area (Å²) in [4.78, 5) is 2.42. The standard InChI is InChI=1S/C15H24N2O/c1-13-11-17(9-10-18-13)12-15(16)8-7-14-5-3-2-4-6-14/h2-6,13,15H,7-12,16H2,1H3. The van der Waals surface area contributed by atoms with Gasteiger partial charge in [0, 0.05) is 25.7 Å². The van der Waals surface area contributed by atoms with Gasteiger partial charge in [0.05, 0.1) is 12.7 Å². The van der Waals surface area contributed by atoms with Gasteiger partial charge < -0.3 is 10.5 Å². The highest BCUT2D eigenvalue weighted by atomic mass is 16.5. The van der Waals surface area contributed by atoms with Crippen LogP contribution in [0, 0.1) is 0 Å². The van der Waals surface area contributed by atoms with Gasteiger partial charge in [0.1, 0.15) is 0 Å². The highest BCUT2D eigenvalue weighted by Gasteiger charge is 2.18. The molecule has 3 nitrogen and oxygen atoms in total. The summed E-state index contributed by atoms with van der Waals surface area (Å²) < 4.78 is 5.54. The quantitative estimate of drug-likeness (QED) is 0.861. The molecule has 0 spiro atoms. The van der Waals surface area contributed by atoms with Gasteiger partial charge in [-0.05, 0) is 25.3 Å². The molecule has 1 aromatic carbocycles. The fraction of sp³-hybridized carbons (Fsp3) is 0.600. The number of rotatable bonds is 5. The van der Waals surface area contributed by atoms with Gasteiger partial charge in [0.15, 0.2) is 0 Å². The summed E-state index contributed by atoms with van der Waals surface area (Å²) in [5.74, 6) is 0. The third-order valence-electron chi connectivity index (χ3n) is 3.46. The molecule has 2 atom stereocenters. The van der Waals surface area contributed by atoms with E-state index in [9.17, 15) is 0 Å². The van der Waals surface area contributed by atoms with E-state index in [1.54, 1.807) is 0 Å². The molecular formula is C15H24N2O. The molecule has 18 heavy (non-hydrogen) atoms. The van der Waals surface area contributed by atoms with Gasteiger partial charge in [-0.2, -0.15) is 0 Å². The molecule has 2 rings (SSSR count). The second-order valence-corrected chi connectivity index (χ2v) is 5.23. The van der Waals surface area contributed by atoms with Crippen molar-refractivity contribution < 1.29 is 4.74 Å². The number of hydrogen-bond acceptors (Lipinski definition) is 3. The first-order valence-electron chi connectivity index (χ1n) is 6.87. The molecule has 2 unspecified atom stereocenters. The molecule has 0 aliphatic carbocycles. The largest absolute Gasteiger partial charge is 0.376 e. The molecule has 0 aromatic heterocycles. The van der Waals surface area contributed by atoms with Gasteiger partial charge in [-0.15, -0.1) is 0 Å². The molecule has 1 heterocycles. The summed E-state index contributed by atoms with van der Waals surface area (Å²) in [6, 6.07) is 10.8. The second-order valence-electron chi connectivity index (χ2n) is 5.23. The summed E-state index contributed by atoms with van der Waals surface area (Å²) in [6.45, 7) is 5.98. The van der Waals surface area contributed by atoms with E-state index in [2.05, 4.69) is 42.2 Å². The SMILES string of the molecule is CC1CN(CC(N)CCc2ccccc2)CCO1. The Kier molecular flexibility index (Phi) is 5.17. The summed E-state index contributed by atoms with van der Waals surface area (Å²) in [7, 11) is 0. The van der Waals surface area contributed by atoms with Crippen molar-refractivity contribution in [2.45, 2.75) is 31.9 Å². The van der Waals surface area contributed by atoms with Crippen LogP contribution in [0.3, 0.4) is 0 Å². The number of hydrogen-bond donors (Lipinski definition) is 1. The first-order valence-corrected chi connectivity index (χ1v) is 6.87. The first-order chi connectivity index (χ1) is 8.74. The van der Waals surface area contributed by atoms with E-state index >= 15 is 0 Å². The number of benzene rings is 1. The van der Waals surface area contributed by atoms with Crippen molar-refractivity contribution in [3.63, 3.8) is 0 Å². The van der Waals surface area contributed by atoms with Crippen molar-refractivity contribution in [3.05, 3.63) is 35.9 Å². The van der Waals surface area contributed by atoms with E-state index in [4.69, 9.17) is 10.5 Å². The van der Waals surface area contributed by atoms with Crippen LogP contribution in [-0.2, 0) is 11.2 Å². The minimum atomic E-state index is 0.260. The van der Waals surface area contributed by atoms with Crippen molar-refractivity contribution in [2.75, 3.05) is 26.2 Å². The van der Waals surface area contributed by atoms with Crippen LogP contribution < -0.4 is 5.73 Å². The minimum absolute atomic E-state index is 0.260. The average molecular weight is 248 g/mol. The number of nitrogens with two attached hydrogens (primary N) is 1. The maximum Gasteiger partial charge on any atom is 0.0674 e. The summed E-state index contributed by atoms with van der Waals surface area (Å²) in [5.41, 5.74) is 7.59. The van der Waals surface area contributed by atoms with Gasteiger partial charge in [-0.1, -0.05) is 30.3 Å². The van der Waals surface area contributed by atoms with Gasteiger partial charge in [0.25, 0.3) is 0 Å². The molecular weight excluding hydrogens is 224 g/mol. The Bertz CT molecular complexity index is 342. The molecule has 0 bridgehead atoms. The normalized spacial score (nSPS) is 22.9. The van der Waals surface area contributed by atoms with Crippen molar-refractivity contribution in [3.8, 4) is 0 Å². The lowest BCUT2D eigenvalue weighted by Gasteiger charge is -2.32. The van der Waals surface area contributed by atoms with E-state index in [-0.39, 0.29) is 6.04 Å². The molecule has 1 aliphatic rings. The van der Waals surface area contributed by atoms with Crippen LogP contribution in [0.5, 0.6) is 0 Å². The molecule has 0 amide bonds. The third-order valence-corrected chi connectivity index (χ3v) is 3.46. The van der Waals surface area contributed by atoms with Crippen molar-refractivity contribution in [2.24, 2.45) is 5.73 Å². The van der Waals surface area contributed by atoms with Crippen molar-refractivity contribution in [1.29, 1.82) is 0 Å². The molecule has 1 aromatic rings. The monoisotopic (exact) mass is 248 g/mol. The van der Waals surface area contributed by atoms with Gasteiger partial charge in [0.2, 0.25) is 0 Å². The van der Waals surface area contributed by atoms with Gasteiger partial charge in [-0.3, -0.25) is 4.90 Å². The van der Waals surface area contributed by atoms with E-state index in [1.807, 2.05) is 0 Å². The predicted octanol–water partition coefficient (Wildman–Crippen LogP) is 1.67. The van der Waals surface area contributed by atoms with E-state index < -0.39 is 0 Å². The van der Waals surface area contributed by atoms with Gasteiger partial charge >= 0.3 is 0 Å². The molecule has 1 aliphatic heterocycles. The Labute approximate surface area is 110 Å². The number of morpholine rings is 1. The highest BCUT2D eigenvalue weighted by Crippen LogP contribution is 2.08. The van der Waals surface area contributed by atoms with Crippen molar-refractivity contribution >= 4 is 0 Å². The zero-order chi connectivity index (χ0) is 12.8. The van der Waals surface area contributed by atoms with Gasteiger partial charge in [-0.25, -0.2) is 0 Å². The lowest BCUT2D eigenvalue weighted by Crippen LogP contribution is -2.46. The highest BCUT2D eigenvalue weighted by molar-refractivity contribution is 5.14. The van der Waals surface area contributed by atoms with E-state index in [0.29, 0.717) is 6.10 Å². The van der Waals surface area contributed by atoms with E-state index in [1.165, 1.54) is 5.56 Å². The Morgan fingerprint density at radius 1 is 1.39 bits per heavy atom. The molecule has 0 saturated carbocycles. The fourth-order valence-electron chi connectivity index (χ4n) is 2.48. The molecule has 1 saturated heterocycles. The van der Waals surface area contributed by atoms with Crippen LogP contribution in [0.1, 0.15) is 18.9 Å². The summed E-state index contributed by atoms with van der Waals surface area (Å²) >= 11 is 0. The lowest BCUT2D eigenvalue weighted by atomic mass is 10.1. The van der Waals surface area contributed by atoms with Crippen LogP contribution in [0.2, 0.25) is 0 Å². The van der Waals surface area contributed by atoms with Crippen LogP contribution in [0.15, 0.2) is 30.3 Å². The molecule has 3 heteroatoms. The Morgan fingerprint density at radius 3 is 2.89 bits per heavy atom. The van der Waals surface area contributed by atoms with E-state index in [0.717, 1.165) is 39.1 Å². The maximum atomic E-state index is 6.22. The Hall–Kier alpha value is -0.900. The molecule has 2 N–H and O–H groups in total. The van der Waals surface area contributed by atoms with Crippen LogP contribution in [0.4, 0.5) is 0 Å². The lowest BCUT2D eigenvalue weighted by molar-refractivity contribution is -0.0200. The second kappa shape index (κ2) is 6.88. The molecule has 100 valence electrons. The average Bonchev–Trinajstić information content (AvgIpc) is 2.38. The molecule has 1 fully saturated rings. The zero-order valence-electron chi connectivity index (χ0n) is 11.2. The summed E-state index contributed by atoms with van der Waals surface area (Å²) in [6.07, 6.45) is 2.47. The van der Waals surface area contributed by atoms with Crippen molar-refractivity contribution in [1.82, 2.24) is 4.90 Å². The maximum absolute atomic E-state index is 6.22. The number of nitrogens with zero attached hydrogens (tertiary/aromatic N) is 1. The van der Waals surface area contributed by atoms with Crippen LogP contribution in [0.25, 0.3) is 0 Å². The predicted molar refractivity (Wildman–Crippen MR) is 74.6 cm³/mol. The topological polar surface area (TPSA) is 38.5 Å². The van der Waals surface area contributed by atoms with Crippen LogP contribution in [-0.4, -0.2) is 43.3 Å². The zero-order valence-corrected chi connectivity index (χ0v) is 11.2. The summed E-state index contributed by atoms with van der Waals surface area (Å²) in [5, 5.41) is 0. The molecule has 0 radical (unpaired) electrons. The smallest absolute Gasteiger partial charge is 0.0674 e. The van der Waals surface area contributed by atoms with Crippen LogP contribution >= 0.6 is 0 Å². The Morgan fingerprint density at radius 2 is 2.17 bits per heavy atom. The minimum Gasteiger partial charge on any atom is -0.376 e.